The zero-order valence-corrected chi connectivity index (χ0v) is 10.3. The summed E-state index contributed by atoms with van der Waals surface area (Å²) in [4.78, 5) is 0. The van der Waals surface area contributed by atoms with Crippen LogP contribution in [0.15, 0.2) is 18.2 Å². The van der Waals surface area contributed by atoms with Crippen LogP contribution in [0.25, 0.3) is 0 Å². The lowest BCUT2D eigenvalue weighted by atomic mass is 10.1. The third kappa shape index (κ3) is 2.16. The maximum atomic E-state index is 13.0. The summed E-state index contributed by atoms with van der Waals surface area (Å²) in [6, 6.07) is 4.79. The molecule has 0 bridgehead atoms. The van der Waals surface area contributed by atoms with Gasteiger partial charge in [-0.15, -0.1) is 0 Å². The molecule has 2 aromatic rings. The van der Waals surface area contributed by atoms with Gasteiger partial charge in [0.15, 0.2) is 0 Å². The van der Waals surface area contributed by atoms with E-state index in [1.54, 1.807) is 6.07 Å². The zero-order valence-electron chi connectivity index (χ0n) is 10.3. The number of halogens is 1. The molecule has 2 rings (SSSR count). The number of aromatic nitrogens is 2. The quantitative estimate of drug-likeness (QED) is 0.866. The molecule has 0 saturated heterocycles. The van der Waals surface area contributed by atoms with Crippen LogP contribution in [-0.4, -0.2) is 9.78 Å². The van der Waals surface area contributed by atoms with Crippen molar-refractivity contribution in [2.75, 3.05) is 5.73 Å². The molecular formula is C13H16FN3. The summed E-state index contributed by atoms with van der Waals surface area (Å²) in [5, 5.41) is 4.37. The van der Waals surface area contributed by atoms with Gasteiger partial charge in [-0.25, -0.2) is 4.39 Å². The lowest BCUT2D eigenvalue weighted by Gasteiger charge is -2.08. The number of hydrogen-bond acceptors (Lipinski definition) is 2. The van der Waals surface area contributed by atoms with Crippen LogP contribution in [0.5, 0.6) is 0 Å². The van der Waals surface area contributed by atoms with Gasteiger partial charge in [0.2, 0.25) is 0 Å². The van der Waals surface area contributed by atoms with E-state index in [1.165, 1.54) is 12.1 Å². The van der Waals surface area contributed by atoms with Crippen molar-refractivity contribution in [2.45, 2.75) is 27.3 Å². The van der Waals surface area contributed by atoms with Crippen LogP contribution in [0.1, 0.15) is 22.5 Å². The van der Waals surface area contributed by atoms with E-state index < -0.39 is 0 Å². The van der Waals surface area contributed by atoms with E-state index in [4.69, 9.17) is 5.73 Å². The highest BCUT2D eigenvalue weighted by molar-refractivity contribution is 5.47. The standard InChI is InChI=1S/C13H16FN3/c1-8-6-12(14)5-4-11(8)7-17-10(3)13(15)9(2)16-17/h4-6H,7,15H2,1-3H3. The van der Waals surface area contributed by atoms with Gasteiger partial charge in [0.1, 0.15) is 5.82 Å². The minimum absolute atomic E-state index is 0.209. The van der Waals surface area contributed by atoms with E-state index in [2.05, 4.69) is 5.10 Å². The van der Waals surface area contributed by atoms with Crippen LogP contribution < -0.4 is 5.73 Å². The topological polar surface area (TPSA) is 43.8 Å². The lowest BCUT2D eigenvalue weighted by molar-refractivity contribution is 0.620. The largest absolute Gasteiger partial charge is 0.396 e. The normalized spacial score (nSPS) is 10.8. The molecule has 0 spiro atoms. The van der Waals surface area contributed by atoms with E-state index >= 15 is 0 Å². The molecule has 0 aliphatic rings. The smallest absolute Gasteiger partial charge is 0.123 e. The van der Waals surface area contributed by atoms with E-state index in [0.29, 0.717) is 6.54 Å². The van der Waals surface area contributed by atoms with Crippen molar-refractivity contribution in [2.24, 2.45) is 0 Å². The fourth-order valence-corrected chi connectivity index (χ4v) is 1.86. The predicted octanol–water partition coefficient (Wildman–Crippen LogP) is 2.58. The van der Waals surface area contributed by atoms with Gasteiger partial charge in [-0.2, -0.15) is 5.10 Å². The third-order valence-corrected chi connectivity index (χ3v) is 3.06. The maximum Gasteiger partial charge on any atom is 0.123 e. The maximum absolute atomic E-state index is 13.0. The molecule has 0 unspecified atom stereocenters. The number of nitrogens with two attached hydrogens (primary N) is 1. The monoisotopic (exact) mass is 233 g/mol. The molecule has 0 amide bonds. The second-order valence-electron chi connectivity index (χ2n) is 4.31. The van der Waals surface area contributed by atoms with E-state index in [9.17, 15) is 4.39 Å². The SMILES string of the molecule is Cc1cc(F)ccc1Cn1nc(C)c(N)c1C. The summed E-state index contributed by atoms with van der Waals surface area (Å²) in [6.45, 7) is 6.34. The van der Waals surface area contributed by atoms with Gasteiger partial charge < -0.3 is 5.73 Å². The van der Waals surface area contributed by atoms with Gasteiger partial charge in [-0.05, 0) is 44.0 Å². The Morgan fingerprint density at radius 1 is 1.29 bits per heavy atom. The summed E-state index contributed by atoms with van der Waals surface area (Å²) in [6.07, 6.45) is 0. The summed E-state index contributed by atoms with van der Waals surface area (Å²) >= 11 is 0. The molecule has 90 valence electrons. The number of anilines is 1. The highest BCUT2D eigenvalue weighted by Crippen LogP contribution is 2.18. The van der Waals surface area contributed by atoms with Crippen molar-refractivity contribution < 1.29 is 4.39 Å². The second-order valence-corrected chi connectivity index (χ2v) is 4.31. The number of aryl methyl sites for hydroxylation is 2. The van der Waals surface area contributed by atoms with Crippen LogP contribution >= 0.6 is 0 Å². The Hall–Kier alpha value is -1.84. The van der Waals surface area contributed by atoms with Gasteiger partial charge in [-0.3, -0.25) is 4.68 Å². The van der Waals surface area contributed by atoms with Crippen LogP contribution in [-0.2, 0) is 6.54 Å². The summed E-state index contributed by atoms with van der Waals surface area (Å²) in [5.41, 5.74) is 10.4. The number of nitrogen functional groups attached to an aromatic ring is 1. The Kier molecular flexibility index (Phi) is 2.88. The van der Waals surface area contributed by atoms with Crippen molar-refractivity contribution >= 4 is 5.69 Å². The van der Waals surface area contributed by atoms with Crippen molar-refractivity contribution in [1.82, 2.24) is 9.78 Å². The van der Waals surface area contributed by atoms with Crippen molar-refractivity contribution in [3.05, 3.63) is 46.5 Å². The number of nitrogens with zero attached hydrogens (tertiary/aromatic N) is 2. The predicted molar refractivity (Wildman–Crippen MR) is 66.4 cm³/mol. The molecule has 3 nitrogen and oxygen atoms in total. The first-order valence-electron chi connectivity index (χ1n) is 5.53. The fraction of sp³-hybridized carbons (Fsp3) is 0.308. The molecule has 2 N–H and O–H groups in total. The second kappa shape index (κ2) is 4.20. The van der Waals surface area contributed by atoms with Crippen LogP contribution in [0.4, 0.5) is 10.1 Å². The van der Waals surface area contributed by atoms with Crippen LogP contribution in [0.3, 0.4) is 0 Å². The molecule has 0 fully saturated rings. The minimum atomic E-state index is -0.209. The lowest BCUT2D eigenvalue weighted by Crippen LogP contribution is -2.06. The first-order valence-corrected chi connectivity index (χ1v) is 5.53. The first kappa shape index (κ1) is 11.6. The Balaban J connectivity index is 2.34. The molecule has 4 heteroatoms. The molecule has 0 radical (unpaired) electrons. The number of rotatable bonds is 2. The molecular weight excluding hydrogens is 217 g/mol. The Morgan fingerprint density at radius 3 is 2.53 bits per heavy atom. The molecule has 0 saturated carbocycles. The third-order valence-electron chi connectivity index (χ3n) is 3.06. The average Bonchev–Trinajstić information content (AvgIpc) is 2.50. The Morgan fingerprint density at radius 2 is 2.00 bits per heavy atom. The molecule has 0 atom stereocenters. The Labute approximate surface area is 100 Å². The van der Waals surface area contributed by atoms with Gasteiger partial charge in [0.05, 0.1) is 23.6 Å². The van der Waals surface area contributed by atoms with Gasteiger partial charge in [-0.1, -0.05) is 6.07 Å². The van der Waals surface area contributed by atoms with Gasteiger partial charge >= 0.3 is 0 Å². The van der Waals surface area contributed by atoms with E-state index in [-0.39, 0.29) is 5.82 Å². The van der Waals surface area contributed by atoms with Crippen LogP contribution in [0, 0.1) is 26.6 Å². The molecule has 1 aromatic carbocycles. The highest BCUT2D eigenvalue weighted by atomic mass is 19.1. The first-order chi connectivity index (χ1) is 7.99. The van der Waals surface area contributed by atoms with Gasteiger partial charge in [0.25, 0.3) is 0 Å². The summed E-state index contributed by atoms with van der Waals surface area (Å²) < 4.78 is 14.8. The minimum Gasteiger partial charge on any atom is -0.396 e. The Bertz CT molecular complexity index is 558. The van der Waals surface area contributed by atoms with Crippen molar-refractivity contribution in [1.29, 1.82) is 0 Å². The van der Waals surface area contributed by atoms with E-state index in [1.807, 2.05) is 25.5 Å². The average molecular weight is 233 g/mol. The number of hydrogen-bond donors (Lipinski definition) is 1. The highest BCUT2D eigenvalue weighted by Gasteiger charge is 2.09. The molecule has 1 heterocycles. The summed E-state index contributed by atoms with van der Waals surface area (Å²) in [5.74, 6) is -0.209. The molecule has 0 aliphatic heterocycles. The molecule has 0 aliphatic carbocycles. The molecule has 1 aromatic heterocycles. The number of benzene rings is 1. The molecule has 17 heavy (non-hydrogen) atoms. The zero-order chi connectivity index (χ0) is 12.6. The summed E-state index contributed by atoms with van der Waals surface area (Å²) in [7, 11) is 0. The van der Waals surface area contributed by atoms with E-state index in [0.717, 1.165) is 28.2 Å². The fourth-order valence-electron chi connectivity index (χ4n) is 1.86. The van der Waals surface area contributed by atoms with Crippen molar-refractivity contribution in [3.8, 4) is 0 Å². The van der Waals surface area contributed by atoms with Crippen LogP contribution in [0.2, 0.25) is 0 Å². The van der Waals surface area contributed by atoms with Gasteiger partial charge in [0, 0.05) is 0 Å². The van der Waals surface area contributed by atoms with Crippen molar-refractivity contribution in [3.63, 3.8) is 0 Å².